The minimum atomic E-state index is -1.64. The van der Waals surface area contributed by atoms with Crippen molar-refractivity contribution in [3.63, 3.8) is 0 Å². The molecule has 0 saturated carbocycles. The highest BCUT2D eigenvalue weighted by molar-refractivity contribution is 5.89. The Morgan fingerprint density at radius 3 is 2.68 bits per heavy atom. The van der Waals surface area contributed by atoms with Gasteiger partial charge in [-0.15, -0.1) is 0 Å². The van der Waals surface area contributed by atoms with Gasteiger partial charge in [-0.2, -0.15) is 0 Å². The molecule has 3 N–H and O–H groups in total. The molecule has 2 amide bonds. The molecule has 11 heteroatoms. The van der Waals surface area contributed by atoms with Gasteiger partial charge in [0.15, 0.2) is 17.5 Å². The Balaban J connectivity index is 1.44. The van der Waals surface area contributed by atoms with Gasteiger partial charge in [-0.1, -0.05) is 0 Å². The number of ether oxygens (including phenoxy) is 1. The van der Waals surface area contributed by atoms with E-state index in [9.17, 15) is 18.0 Å². The van der Waals surface area contributed by atoms with Crippen LogP contribution >= 0.6 is 0 Å². The maximum absolute atomic E-state index is 13.5. The number of hydrogen-bond donors (Lipinski definition) is 3. The molecule has 8 nitrogen and oxygen atoms in total. The third-order valence-electron chi connectivity index (χ3n) is 3.99. The van der Waals surface area contributed by atoms with Crippen molar-refractivity contribution in [2.45, 2.75) is 0 Å². The predicted molar refractivity (Wildman–Crippen MR) is 96.9 cm³/mol. The van der Waals surface area contributed by atoms with Gasteiger partial charge in [0, 0.05) is 32.2 Å². The average Bonchev–Trinajstić information content (AvgIpc) is 2.72. The van der Waals surface area contributed by atoms with E-state index in [0.717, 1.165) is 31.0 Å². The second-order valence-corrected chi connectivity index (χ2v) is 5.89. The number of anilines is 3. The minimum Gasteiger partial charge on any atom is -0.378 e. The van der Waals surface area contributed by atoms with E-state index in [4.69, 9.17) is 4.74 Å². The first kappa shape index (κ1) is 19.7. The van der Waals surface area contributed by atoms with Crippen LogP contribution < -0.4 is 20.9 Å². The van der Waals surface area contributed by atoms with Gasteiger partial charge in [-0.3, -0.25) is 0 Å². The van der Waals surface area contributed by atoms with Gasteiger partial charge in [0.05, 0.1) is 18.9 Å². The molecule has 1 aromatic carbocycles. The van der Waals surface area contributed by atoms with Crippen LogP contribution in [0.25, 0.3) is 0 Å². The van der Waals surface area contributed by atoms with E-state index >= 15 is 0 Å². The number of nitrogens with zero attached hydrogens (tertiary/aromatic N) is 3. The van der Waals surface area contributed by atoms with Crippen LogP contribution in [-0.2, 0) is 4.74 Å². The van der Waals surface area contributed by atoms with Gasteiger partial charge in [0.2, 0.25) is 0 Å². The molecule has 2 aromatic rings. The van der Waals surface area contributed by atoms with Crippen molar-refractivity contribution in [3.8, 4) is 0 Å². The number of amides is 2. The van der Waals surface area contributed by atoms with Gasteiger partial charge in [0.1, 0.15) is 18.0 Å². The maximum atomic E-state index is 13.5. The summed E-state index contributed by atoms with van der Waals surface area (Å²) in [5, 5.41) is 7.64. The Labute approximate surface area is 159 Å². The van der Waals surface area contributed by atoms with Crippen LogP contribution in [0.1, 0.15) is 0 Å². The van der Waals surface area contributed by atoms with E-state index in [1.807, 2.05) is 0 Å². The zero-order valence-electron chi connectivity index (χ0n) is 14.8. The first-order valence-electron chi connectivity index (χ1n) is 8.61. The third kappa shape index (κ3) is 5.00. The smallest absolute Gasteiger partial charge is 0.319 e. The van der Waals surface area contributed by atoms with Gasteiger partial charge in [0.25, 0.3) is 0 Å². The van der Waals surface area contributed by atoms with Crippen LogP contribution in [0.2, 0.25) is 0 Å². The van der Waals surface area contributed by atoms with E-state index in [1.165, 1.54) is 6.33 Å². The molecule has 3 rings (SSSR count). The van der Waals surface area contributed by atoms with Crippen molar-refractivity contribution in [1.82, 2.24) is 15.3 Å². The summed E-state index contributed by atoms with van der Waals surface area (Å²) < 4.78 is 44.9. The van der Waals surface area contributed by atoms with Gasteiger partial charge >= 0.3 is 6.03 Å². The van der Waals surface area contributed by atoms with Crippen LogP contribution in [0.5, 0.6) is 0 Å². The molecule has 1 aliphatic heterocycles. The number of morpholine rings is 1. The summed E-state index contributed by atoms with van der Waals surface area (Å²) in [7, 11) is 0. The highest BCUT2D eigenvalue weighted by Crippen LogP contribution is 2.19. The van der Waals surface area contributed by atoms with Crippen LogP contribution in [0.3, 0.4) is 0 Å². The minimum absolute atomic E-state index is 0.189. The lowest BCUT2D eigenvalue weighted by molar-refractivity contribution is 0.122. The molecule has 1 aromatic heterocycles. The lowest BCUT2D eigenvalue weighted by atomic mass is 10.3. The van der Waals surface area contributed by atoms with Crippen LogP contribution in [0, 0.1) is 17.5 Å². The number of benzene rings is 1. The summed E-state index contributed by atoms with van der Waals surface area (Å²) in [6.07, 6.45) is 1.44. The van der Waals surface area contributed by atoms with Crippen molar-refractivity contribution >= 4 is 23.4 Å². The van der Waals surface area contributed by atoms with Gasteiger partial charge in [-0.05, 0) is 12.1 Å². The van der Waals surface area contributed by atoms with Crippen molar-refractivity contribution in [2.24, 2.45) is 0 Å². The van der Waals surface area contributed by atoms with Crippen LogP contribution in [0.15, 0.2) is 24.5 Å². The van der Waals surface area contributed by atoms with Crippen LogP contribution in [-0.4, -0.2) is 55.4 Å². The second-order valence-electron chi connectivity index (χ2n) is 5.89. The fourth-order valence-electron chi connectivity index (χ4n) is 2.56. The van der Waals surface area contributed by atoms with Crippen molar-refractivity contribution in [3.05, 3.63) is 42.0 Å². The van der Waals surface area contributed by atoms with E-state index < -0.39 is 29.2 Å². The van der Waals surface area contributed by atoms with E-state index in [1.54, 1.807) is 6.07 Å². The predicted octanol–water partition coefficient (Wildman–Crippen LogP) is 1.96. The quantitative estimate of drug-likeness (QED) is 0.511. The average molecular weight is 396 g/mol. The Hall–Kier alpha value is -3.08. The number of carbonyl (C=O) groups excluding carboxylic acids is 1. The van der Waals surface area contributed by atoms with Crippen molar-refractivity contribution in [2.75, 3.05) is 54.9 Å². The standard InChI is InChI=1S/C17H19F3N6O2/c18-11-1-2-12(16(20)15(11)19)25-17(27)22-4-3-21-13-9-14(24-10-23-13)26-5-7-28-8-6-26/h1-2,9-10H,3-8H2,(H,21,23,24)(H2,22,25,27). The van der Waals surface area contributed by atoms with Crippen molar-refractivity contribution in [1.29, 1.82) is 0 Å². The molecule has 1 aliphatic rings. The largest absolute Gasteiger partial charge is 0.378 e. The zero-order chi connectivity index (χ0) is 19.9. The summed E-state index contributed by atoms with van der Waals surface area (Å²) in [6.45, 7) is 3.31. The Morgan fingerprint density at radius 1 is 1.11 bits per heavy atom. The molecule has 0 radical (unpaired) electrons. The fourth-order valence-corrected chi connectivity index (χ4v) is 2.56. The molecule has 0 spiro atoms. The molecular weight excluding hydrogens is 377 g/mol. The highest BCUT2D eigenvalue weighted by Gasteiger charge is 2.15. The number of hydrogen-bond acceptors (Lipinski definition) is 6. The van der Waals surface area contributed by atoms with Gasteiger partial charge < -0.3 is 25.6 Å². The number of carbonyl (C=O) groups is 1. The first-order chi connectivity index (χ1) is 13.5. The van der Waals surface area contributed by atoms with E-state index in [2.05, 4.69) is 30.8 Å². The van der Waals surface area contributed by atoms with E-state index in [0.29, 0.717) is 25.6 Å². The molecule has 0 bridgehead atoms. The number of rotatable bonds is 6. The third-order valence-corrected chi connectivity index (χ3v) is 3.99. The van der Waals surface area contributed by atoms with Crippen LogP contribution in [0.4, 0.5) is 35.3 Å². The topological polar surface area (TPSA) is 91.4 Å². The summed E-state index contributed by atoms with van der Waals surface area (Å²) in [6, 6.07) is 2.72. The summed E-state index contributed by atoms with van der Waals surface area (Å²) >= 11 is 0. The Bertz CT molecular complexity index is 833. The molecule has 1 fully saturated rings. The maximum Gasteiger partial charge on any atom is 0.319 e. The second kappa shape index (κ2) is 9.22. The Kier molecular flexibility index (Phi) is 6.48. The molecular formula is C17H19F3N6O2. The number of aromatic nitrogens is 2. The lowest BCUT2D eigenvalue weighted by Gasteiger charge is -2.27. The summed E-state index contributed by atoms with van der Waals surface area (Å²) in [5.41, 5.74) is -0.449. The molecule has 0 aliphatic carbocycles. The fraction of sp³-hybridized carbons (Fsp3) is 0.353. The van der Waals surface area contributed by atoms with Gasteiger partial charge in [-0.25, -0.2) is 27.9 Å². The first-order valence-corrected chi connectivity index (χ1v) is 8.61. The van der Waals surface area contributed by atoms with E-state index in [-0.39, 0.29) is 6.54 Å². The molecule has 0 unspecified atom stereocenters. The number of halogens is 3. The monoisotopic (exact) mass is 396 g/mol. The number of nitrogens with one attached hydrogen (secondary N) is 3. The van der Waals surface area contributed by atoms with Crippen molar-refractivity contribution < 1.29 is 22.7 Å². The number of urea groups is 1. The SMILES string of the molecule is O=C(NCCNc1cc(N2CCOCC2)ncn1)Nc1ccc(F)c(F)c1F. The zero-order valence-corrected chi connectivity index (χ0v) is 14.8. The molecule has 2 heterocycles. The lowest BCUT2D eigenvalue weighted by Crippen LogP contribution is -2.36. The normalized spacial score (nSPS) is 13.9. The highest BCUT2D eigenvalue weighted by atomic mass is 19.2. The summed E-state index contributed by atoms with van der Waals surface area (Å²) in [5.74, 6) is -3.05. The molecule has 1 saturated heterocycles. The summed E-state index contributed by atoms with van der Waals surface area (Å²) in [4.78, 5) is 22.2. The molecule has 150 valence electrons. The molecule has 0 atom stereocenters. The molecule has 28 heavy (non-hydrogen) atoms. The Morgan fingerprint density at radius 2 is 1.89 bits per heavy atom.